The van der Waals surface area contributed by atoms with Crippen molar-refractivity contribution in [1.29, 1.82) is 0 Å². The molecule has 2 heterocycles. The van der Waals surface area contributed by atoms with E-state index in [2.05, 4.69) is 6.58 Å². The van der Waals surface area contributed by atoms with Gasteiger partial charge in [0.1, 0.15) is 17.3 Å². The fourth-order valence-corrected chi connectivity index (χ4v) is 3.81. The van der Waals surface area contributed by atoms with Crippen molar-refractivity contribution < 1.29 is 47.6 Å². The van der Waals surface area contributed by atoms with Crippen LogP contribution in [0.25, 0.3) is 5.57 Å². The van der Waals surface area contributed by atoms with Crippen LogP contribution in [0.3, 0.4) is 0 Å². The Labute approximate surface area is 196 Å². The SMILES string of the molecule is C=C1C=C(C)c2ccc(OC3OC(C(C)=O)C(OC(C)=O)C(OC(C)=O)[C@@H]3OC(C)=O)cc2O1. The first-order valence-corrected chi connectivity index (χ1v) is 10.5. The van der Waals surface area contributed by atoms with Crippen LogP contribution in [0.15, 0.2) is 36.6 Å². The van der Waals surface area contributed by atoms with Gasteiger partial charge < -0.3 is 28.4 Å². The second kappa shape index (κ2) is 10.1. The van der Waals surface area contributed by atoms with E-state index in [9.17, 15) is 19.2 Å². The number of fused-ring (bicyclic) bond motifs is 1. The van der Waals surface area contributed by atoms with Gasteiger partial charge in [-0.25, -0.2) is 0 Å². The molecule has 1 aromatic rings. The summed E-state index contributed by atoms with van der Waals surface area (Å²) in [4.78, 5) is 47.8. The Bertz CT molecular complexity index is 1060. The standard InChI is InChI=1S/C24H26O10/c1-11-9-12(2)29-19-10-17(7-8-18(11)19)33-24-23(32-16(6)28)22(31-15(5)27)21(30-14(4)26)20(34-24)13(3)25/h7-10,20-24H,2H2,1,3-6H3/t20?,21?,22?,23-,24?/m0/s1. The molecule has 4 unspecified atom stereocenters. The van der Waals surface area contributed by atoms with Gasteiger partial charge >= 0.3 is 17.9 Å². The number of hydrogen-bond donors (Lipinski definition) is 0. The van der Waals surface area contributed by atoms with E-state index in [4.69, 9.17) is 28.4 Å². The summed E-state index contributed by atoms with van der Waals surface area (Å²) in [6, 6.07) is 5.00. The topological polar surface area (TPSA) is 124 Å². The zero-order valence-corrected chi connectivity index (χ0v) is 19.5. The van der Waals surface area contributed by atoms with Gasteiger partial charge in [0.15, 0.2) is 24.1 Å². The van der Waals surface area contributed by atoms with Crippen LogP contribution in [-0.2, 0) is 38.1 Å². The molecule has 0 aromatic heterocycles. The Balaban J connectivity index is 1.99. The van der Waals surface area contributed by atoms with Crippen molar-refractivity contribution in [1.82, 2.24) is 0 Å². The second-order valence-corrected chi connectivity index (χ2v) is 7.93. The molecule has 0 saturated carbocycles. The fraction of sp³-hybridized carbons (Fsp3) is 0.417. The molecule has 1 aromatic carbocycles. The number of Topliss-reactive ketones (excluding diaryl/α,β-unsaturated/α-hetero) is 1. The molecule has 3 rings (SSSR count). The lowest BCUT2D eigenvalue weighted by molar-refractivity contribution is -0.277. The quantitative estimate of drug-likeness (QED) is 0.449. The van der Waals surface area contributed by atoms with Gasteiger partial charge in [-0.2, -0.15) is 0 Å². The predicted molar refractivity (Wildman–Crippen MR) is 116 cm³/mol. The highest BCUT2D eigenvalue weighted by Crippen LogP contribution is 2.37. The Kier molecular flexibility index (Phi) is 7.41. The maximum Gasteiger partial charge on any atom is 0.303 e. The number of allylic oxidation sites excluding steroid dienone is 2. The average Bonchev–Trinajstić information content (AvgIpc) is 2.70. The van der Waals surface area contributed by atoms with E-state index in [1.807, 2.05) is 6.92 Å². The Morgan fingerprint density at radius 1 is 0.882 bits per heavy atom. The number of hydrogen-bond acceptors (Lipinski definition) is 10. The maximum absolute atomic E-state index is 12.4. The van der Waals surface area contributed by atoms with Crippen molar-refractivity contribution in [3.8, 4) is 11.5 Å². The van der Waals surface area contributed by atoms with Gasteiger partial charge in [0.2, 0.25) is 12.4 Å². The van der Waals surface area contributed by atoms with E-state index in [-0.39, 0.29) is 5.75 Å². The molecule has 5 atom stereocenters. The average molecular weight is 474 g/mol. The number of rotatable bonds is 6. The molecule has 182 valence electrons. The molecule has 2 aliphatic rings. The fourth-order valence-electron chi connectivity index (χ4n) is 3.81. The van der Waals surface area contributed by atoms with Gasteiger partial charge in [-0.05, 0) is 37.6 Å². The van der Waals surface area contributed by atoms with Gasteiger partial charge in [-0.15, -0.1) is 0 Å². The molecule has 2 aliphatic heterocycles. The number of carbonyl (C=O) groups excluding carboxylic acids is 4. The van der Waals surface area contributed by atoms with Crippen LogP contribution in [0.2, 0.25) is 0 Å². The lowest BCUT2D eigenvalue weighted by Crippen LogP contribution is -2.64. The van der Waals surface area contributed by atoms with Crippen molar-refractivity contribution in [2.45, 2.75) is 65.3 Å². The normalized spacial score (nSPS) is 25.7. The minimum Gasteiger partial charge on any atom is -0.461 e. The van der Waals surface area contributed by atoms with Crippen molar-refractivity contribution in [3.05, 3.63) is 42.2 Å². The van der Waals surface area contributed by atoms with E-state index in [1.54, 1.807) is 24.3 Å². The second-order valence-electron chi connectivity index (χ2n) is 7.93. The Morgan fingerprint density at radius 3 is 2.06 bits per heavy atom. The monoisotopic (exact) mass is 474 g/mol. The molecule has 0 spiro atoms. The minimum atomic E-state index is -1.38. The van der Waals surface area contributed by atoms with Gasteiger partial charge in [0.25, 0.3) is 0 Å². The first-order valence-electron chi connectivity index (χ1n) is 10.5. The van der Waals surface area contributed by atoms with Crippen molar-refractivity contribution in [2.24, 2.45) is 0 Å². The van der Waals surface area contributed by atoms with Gasteiger partial charge in [0, 0.05) is 32.4 Å². The summed E-state index contributed by atoms with van der Waals surface area (Å²) in [6.07, 6.45) is -5.00. The third-order valence-electron chi connectivity index (χ3n) is 5.05. The van der Waals surface area contributed by atoms with Crippen LogP contribution < -0.4 is 9.47 Å². The van der Waals surface area contributed by atoms with Crippen LogP contribution in [0, 0.1) is 0 Å². The Hall–Kier alpha value is -3.66. The molecule has 1 saturated heterocycles. The number of carbonyl (C=O) groups is 4. The highest BCUT2D eigenvalue weighted by atomic mass is 16.7. The number of benzene rings is 1. The summed E-state index contributed by atoms with van der Waals surface area (Å²) in [5, 5.41) is 0. The van der Waals surface area contributed by atoms with E-state index in [0.29, 0.717) is 11.5 Å². The van der Waals surface area contributed by atoms with E-state index < -0.39 is 54.4 Å². The maximum atomic E-state index is 12.4. The third kappa shape index (κ3) is 5.63. The van der Waals surface area contributed by atoms with Crippen LogP contribution in [-0.4, -0.2) is 54.4 Å². The number of ether oxygens (including phenoxy) is 6. The zero-order valence-electron chi connectivity index (χ0n) is 19.5. The van der Waals surface area contributed by atoms with E-state index in [1.165, 1.54) is 6.92 Å². The molecule has 10 nitrogen and oxygen atoms in total. The molecule has 34 heavy (non-hydrogen) atoms. The first-order chi connectivity index (χ1) is 16.0. The van der Waals surface area contributed by atoms with E-state index >= 15 is 0 Å². The zero-order chi connectivity index (χ0) is 25.2. The summed E-state index contributed by atoms with van der Waals surface area (Å²) in [5.41, 5.74) is 1.77. The summed E-state index contributed by atoms with van der Waals surface area (Å²) < 4.78 is 33.3. The van der Waals surface area contributed by atoms with E-state index in [0.717, 1.165) is 31.9 Å². The first kappa shape index (κ1) is 25.0. The van der Waals surface area contributed by atoms with Gasteiger partial charge in [-0.3, -0.25) is 19.2 Å². The molecule has 0 bridgehead atoms. The number of esters is 3. The summed E-state index contributed by atoms with van der Waals surface area (Å²) in [6.45, 7) is 10.3. The lowest BCUT2D eigenvalue weighted by Gasteiger charge is -2.43. The van der Waals surface area contributed by atoms with Crippen molar-refractivity contribution >= 4 is 29.3 Å². The third-order valence-corrected chi connectivity index (χ3v) is 5.05. The van der Waals surface area contributed by atoms with Crippen LogP contribution in [0.1, 0.15) is 40.2 Å². The van der Waals surface area contributed by atoms with Crippen LogP contribution in [0.4, 0.5) is 0 Å². The highest BCUT2D eigenvalue weighted by molar-refractivity contribution is 5.82. The molecule has 0 aliphatic carbocycles. The molecule has 0 N–H and O–H groups in total. The summed E-state index contributed by atoms with van der Waals surface area (Å²) in [5.74, 6) is -1.53. The molecular formula is C24H26O10. The Morgan fingerprint density at radius 2 is 1.47 bits per heavy atom. The molecule has 1 fully saturated rings. The van der Waals surface area contributed by atoms with Crippen LogP contribution in [0.5, 0.6) is 11.5 Å². The molecule has 0 amide bonds. The largest absolute Gasteiger partial charge is 0.461 e. The predicted octanol–water partition coefficient (Wildman–Crippen LogP) is 2.48. The number of ketones is 1. The van der Waals surface area contributed by atoms with Crippen LogP contribution >= 0.6 is 0 Å². The van der Waals surface area contributed by atoms with Gasteiger partial charge in [0.05, 0.1) is 0 Å². The van der Waals surface area contributed by atoms with Crippen molar-refractivity contribution in [3.63, 3.8) is 0 Å². The van der Waals surface area contributed by atoms with Crippen molar-refractivity contribution in [2.75, 3.05) is 0 Å². The molecule has 0 radical (unpaired) electrons. The molecular weight excluding hydrogens is 448 g/mol. The minimum absolute atomic E-state index is 0.262. The van der Waals surface area contributed by atoms with Gasteiger partial charge in [-0.1, -0.05) is 6.58 Å². The lowest BCUT2D eigenvalue weighted by atomic mass is 9.95. The summed E-state index contributed by atoms with van der Waals surface area (Å²) >= 11 is 0. The summed E-state index contributed by atoms with van der Waals surface area (Å²) in [7, 11) is 0. The molecule has 10 heteroatoms. The smallest absolute Gasteiger partial charge is 0.303 e. The highest BCUT2D eigenvalue weighted by Gasteiger charge is 2.54.